The summed E-state index contributed by atoms with van der Waals surface area (Å²) in [6, 6.07) is 29.3. The number of aliphatic hydroxyl groups is 2. The lowest BCUT2D eigenvalue weighted by molar-refractivity contribution is -0.322. The highest BCUT2D eigenvalue weighted by Crippen LogP contribution is 2.32. The van der Waals surface area contributed by atoms with E-state index in [1.165, 1.54) is 6.92 Å². The van der Waals surface area contributed by atoms with Crippen molar-refractivity contribution in [3.8, 4) is 0 Å². The molecule has 0 saturated carbocycles. The first-order valence-electron chi connectivity index (χ1n) is 13.7. The zero-order valence-electron chi connectivity index (χ0n) is 23.1. The van der Waals surface area contributed by atoms with Crippen LogP contribution in [0.1, 0.15) is 23.6 Å². The van der Waals surface area contributed by atoms with Gasteiger partial charge >= 0.3 is 0 Å². The van der Waals surface area contributed by atoms with Crippen LogP contribution >= 0.6 is 11.8 Å². The molecule has 1 aliphatic rings. The van der Waals surface area contributed by atoms with Gasteiger partial charge in [0.25, 0.3) is 0 Å². The van der Waals surface area contributed by atoms with Crippen molar-refractivity contribution in [3.63, 3.8) is 0 Å². The quantitative estimate of drug-likeness (QED) is 0.274. The van der Waals surface area contributed by atoms with Gasteiger partial charge in [-0.1, -0.05) is 103 Å². The van der Waals surface area contributed by atoms with E-state index < -0.39 is 43.4 Å². The van der Waals surface area contributed by atoms with E-state index in [0.717, 1.165) is 28.5 Å². The number of hydrogen-bond acceptors (Lipinski definition) is 9. The first kappa shape index (κ1) is 31.3. The molecular weight excluding hydrogens is 544 g/mol. The Labute approximate surface area is 245 Å². The Morgan fingerprint density at radius 1 is 0.756 bits per heavy atom. The van der Waals surface area contributed by atoms with Gasteiger partial charge < -0.3 is 33.9 Å². The summed E-state index contributed by atoms with van der Waals surface area (Å²) in [5, 5.41) is 19.4. The van der Waals surface area contributed by atoms with E-state index >= 15 is 0 Å². The number of thioether (sulfide) groups is 1. The first-order valence-corrected chi connectivity index (χ1v) is 14.7. The second-order valence-electron chi connectivity index (χ2n) is 9.80. The molecule has 0 radical (unpaired) electrons. The van der Waals surface area contributed by atoms with Crippen molar-refractivity contribution in [2.75, 3.05) is 19.0 Å². The molecule has 6 atom stereocenters. The zero-order chi connectivity index (χ0) is 28.9. The van der Waals surface area contributed by atoms with Gasteiger partial charge in [0.15, 0.2) is 11.4 Å². The minimum absolute atomic E-state index is 0.0483. The van der Waals surface area contributed by atoms with Gasteiger partial charge in [-0.05, 0) is 16.7 Å². The van der Waals surface area contributed by atoms with Crippen LogP contribution in [0.2, 0.25) is 0 Å². The fourth-order valence-electron chi connectivity index (χ4n) is 4.47. The van der Waals surface area contributed by atoms with Gasteiger partial charge in [-0.15, -0.1) is 0 Å². The maximum absolute atomic E-state index is 11.9. The van der Waals surface area contributed by atoms with Crippen LogP contribution in [0.3, 0.4) is 0 Å². The predicted octanol–water partition coefficient (Wildman–Crippen LogP) is 4.12. The van der Waals surface area contributed by atoms with Gasteiger partial charge in [-0.3, -0.25) is 4.79 Å². The third kappa shape index (κ3) is 10.0. The summed E-state index contributed by atoms with van der Waals surface area (Å²) >= 11 is 1.14. The van der Waals surface area contributed by atoms with E-state index in [2.05, 4.69) is 0 Å². The lowest BCUT2D eigenvalue weighted by Gasteiger charge is -2.46. The molecule has 0 aromatic heterocycles. The molecule has 0 bridgehead atoms. The second kappa shape index (κ2) is 16.7. The predicted molar refractivity (Wildman–Crippen MR) is 156 cm³/mol. The number of carbonyl (C=O) groups excluding carboxylic acids is 1. The molecule has 8 nitrogen and oxygen atoms in total. The Hall–Kier alpha value is -2.60. The lowest BCUT2D eigenvalue weighted by Crippen LogP contribution is -2.61. The Kier molecular flexibility index (Phi) is 12.8. The van der Waals surface area contributed by atoms with Gasteiger partial charge in [0.05, 0.1) is 39.1 Å². The van der Waals surface area contributed by atoms with Gasteiger partial charge in [-0.25, -0.2) is 0 Å². The van der Waals surface area contributed by atoms with Crippen molar-refractivity contribution in [1.29, 1.82) is 0 Å². The Balaban J connectivity index is 1.64. The minimum Gasteiger partial charge on any atom is -0.394 e. The maximum Gasteiger partial charge on any atom is 0.186 e. The van der Waals surface area contributed by atoms with Crippen LogP contribution in [0, 0.1) is 0 Å². The highest BCUT2D eigenvalue weighted by Gasteiger charge is 2.49. The number of hydrogen-bond donors (Lipinski definition) is 2. The average Bonchev–Trinajstić information content (AvgIpc) is 3.01. The van der Waals surface area contributed by atoms with Crippen LogP contribution in [0.4, 0.5) is 0 Å². The van der Waals surface area contributed by atoms with E-state index in [4.69, 9.17) is 23.7 Å². The Bertz CT molecular complexity index is 1150. The molecule has 1 heterocycles. The first-order chi connectivity index (χ1) is 20.0. The summed E-state index contributed by atoms with van der Waals surface area (Å²) in [6.45, 7) is 1.75. The molecule has 9 heteroatoms. The molecule has 1 fully saturated rings. The molecule has 0 spiro atoms. The van der Waals surface area contributed by atoms with Crippen molar-refractivity contribution in [2.45, 2.75) is 63.6 Å². The van der Waals surface area contributed by atoms with Crippen molar-refractivity contribution in [1.82, 2.24) is 0 Å². The monoisotopic (exact) mass is 582 g/mol. The SMILES string of the molecule is CC(=O)SCC1OC(OCC(O)CO)C(OCc2ccccc2)C(OCc2ccccc2)C1OCc1ccccc1. The zero-order valence-corrected chi connectivity index (χ0v) is 23.9. The Morgan fingerprint density at radius 3 is 1.68 bits per heavy atom. The number of ether oxygens (including phenoxy) is 5. The van der Waals surface area contributed by atoms with E-state index in [-0.39, 0.29) is 18.3 Å². The van der Waals surface area contributed by atoms with Gasteiger partial charge in [-0.2, -0.15) is 0 Å². The van der Waals surface area contributed by atoms with Crippen molar-refractivity contribution < 1.29 is 38.7 Å². The largest absolute Gasteiger partial charge is 0.394 e. The maximum atomic E-state index is 11.9. The normalized spacial score (nSPS) is 23.2. The molecule has 220 valence electrons. The summed E-state index contributed by atoms with van der Waals surface area (Å²) in [7, 11) is 0. The van der Waals surface area contributed by atoms with Crippen LogP contribution in [-0.4, -0.2) is 71.1 Å². The van der Waals surface area contributed by atoms with Gasteiger partial charge in [0, 0.05) is 12.7 Å². The number of carbonyl (C=O) groups is 1. The van der Waals surface area contributed by atoms with Gasteiger partial charge in [0.2, 0.25) is 0 Å². The topological polar surface area (TPSA) is 104 Å². The minimum atomic E-state index is -1.09. The van der Waals surface area contributed by atoms with Crippen LogP contribution in [-0.2, 0) is 48.3 Å². The second-order valence-corrected chi connectivity index (χ2v) is 11.0. The van der Waals surface area contributed by atoms with Crippen molar-refractivity contribution in [3.05, 3.63) is 108 Å². The van der Waals surface area contributed by atoms with Crippen molar-refractivity contribution >= 4 is 16.9 Å². The molecule has 0 amide bonds. The van der Waals surface area contributed by atoms with Gasteiger partial charge in [0.1, 0.15) is 24.4 Å². The molecule has 3 aromatic rings. The third-order valence-corrected chi connectivity index (χ3v) is 7.46. The summed E-state index contributed by atoms with van der Waals surface area (Å²) in [4.78, 5) is 11.9. The molecule has 2 N–H and O–H groups in total. The van der Waals surface area contributed by atoms with E-state index in [1.807, 2.05) is 91.0 Å². The summed E-state index contributed by atoms with van der Waals surface area (Å²) < 4.78 is 31.9. The lowest BCUT2D eigenvalue weighted by atomic mass is 9.98. The number of benzene rings is 3. The number of aliphatic hydroxyl groups excluding tert-OH is 2. The summed E-state index contributed by atoms with van der Waals surface area (Å²) in [6.07, 6.45) is -4.62. The standard InChI is InChI=1S/C32H38O8S/c1-23(34)41-22-28-29(36-18-24-11-5-2-6-12-24)30(37-19-25-13-7-3-8-14-25)31(32(40-28)39-21-27(35)17-33)38-20-26-15-9-4-10-16-26/h2-16,27-33,35H,17-22H2,1H3. The molecule has 3 aromatic carbocycles. The highest BCUT2D eigenvalue weighted by atomic mass is 32.2. The van der Waals surface area contributed by atoms with E-state index in [9.17, 15) is 15.0 Å². The summed E-state index contributed by atoms with van der Waals surface area (Å²) in [5.41, 5.74) is 2.92. The molecule has 41 heavy (non-hydrogen) atoms. The average molecular weight is 583 g/mol. The summed E-state index contributed by atoms with van der Waals surface area (Å²) in [5.74, 6) is 0.313. The fourth-order valence-corrected chi connectivity index (χ4v) is 5.14. The fraction of sp³-hybridized carbons (Fsp3) is 0.406. The molecule has 0 aliphatic carbocycles. The number of rotatable bonds is 15. The molecule has 1 aliphatic heterocycles. The molecular formula is C32H38O8S. The molecule has 1 saturated heterocycles. The van der Waals surface area contributed by atoms with E-state index in [0.29, 0.717) is 19.0 Å². The van der Waals surface area contributed by atoms with Crippen LogP contribution in [0.25, 0.3) is 0 Å². The smallest absolute Gasteiger partial charge is 0.186 e. The van der Waals surface area contributed by atoms with E-state index in [1.54, 1.807) is 0 Å². The third-order valence-electron chi connectivity index (χ3n) is 6.56. The molecule has 4 rings (SSSR count). The van der Waals surface area contributed by atoms with Crippen LogP contribution in [0.15, 0.2) is 91.0 Å². The highest BCUT2D eigenvalue weighted by molar-refractivity contribution is 8.13. The van der Waals surface area contributed by atoms with Crippen molar-refractivity contribution in [2.24, 2.45) is 0 Å². The Morgan fingerprint density at radius 2 is 1.22 bits per heavy atom. The van der Waals surface area contributed by atoms with Crippen LogP contribution in [0.5, 0.6) is 0 Å². The molecule has 6 unspecified atom stereocenters. The van der Waals surface area contributed by atoms with Crippen LogP contribution < -0.4 is 0 Å².